The molecule has 0 atom stereocenters. The number of hydrogen-bond acceptors (Lipinski definition) is 6. The van der Waals surface area contributed by atoms with Crippen molar-refractivity contribution in [3.63, 3.8) is 0 Å². The fourth-order valence-corrected chi connectivity index (χ4v) is 4.54. The van der Waals surface area contributed by atoms with Gasteiger partial charge in [-0.25, -0.2) is 4.98 Å². The molecule has 1 aromatic rings. The van der Waals surface area contributed by atoms with Gasteiger partial charge in [-0.3, -0.25) is 14.8 Å². The number of nitrogens with zero attached hydrogens (tertiary/aromatic N) is 4. The lowest BCUT2D eigenvalue weighted by Gasteiger charge is -2.31. The van der Waals surface area contributed by atoms with Crippen LogP contribution in [0.2, 0.25) is 0 Å². The van der Waals surface area contributed by atoms with Crippen LogP contribution in [0.25, 0.3) is 5.57 Å². The molecule has 4 rings (SSSR count). The normalized spacial score (nSPS) is 19.8. The first-order chi connectivity index (χ1) is 12.6. The number of aromatic nitrogens is 2. The van der Waals surface area contributed by atoms with E-state index in [9.17, 15) is 4.79 Å². The second-order valence-electron chi connectivity index (χ2n) is 7.31. The fraction of sp³-hybridized carbons (Fsp3) is 0.579. The summed E-state index contributed by atoms with van der Waals surface area (Å²) in [4.78, 5) is 28.4. The molecular formula is C19H25N5OS. The molecule has 1 amide bonds. The van der Waals surface area contributed by atoms with E-state index in [1.807, 2.05) is 25.6 Å². The van der Waals surface area contributed by atoms with Crippen LogP contribution in [0.3, 0.4) is 0 Å². The molecule has 0 fully saturated rings. The summed E-state index contributed by atoms with van der Waals surface area (Å²) in [7, 11) is 0. The number of fused-ring (bicyclic) bond motifs is 2. The van der Waals surface area contributed by atoms with Crippen molar-refractivity contribution >= 4 is 34.2 Å². The quantitative estimate of drug-likeness (QED) is 0.865. The van der Waals surface area contributed by atoms with Gasteiger partial charge >= 0.3 is 0 Å². The maximum absolute atomic E-state index is 12.0. The summed E-state index contributed by atoms with van der Waals surface area (Å²) in [5, 5.41) is 4.05. The van der Waals surface area contributed by atoms with Crippen LogP contribution in [0.1, 0.15) is 44.5 Å². The number of aliphatic imine (C=N–C) groups is 1. The molecule has 1 N–H and O–H groups in total. The van der Waals surface area contributed by atoms with Gasteiger partial charge in [0.05, 0.1) is 24.1 Å². The molecule has 0 spiro atoms. The predicted molar refractivity (Wildman–Crippen MR) is 106 cm³/mol. The molecule has 6 nitrogen and oxygen atoms in total. The Morgan fingerprint density at radius 1 is 1.31 bits per heavy atom. The molecule has 0 bridgehead atoms. The Labute approximate surface area is 158 Å². The van der Waals surface area contributed by atoms with E-state index in [0.717, 1.165) is 62.5 Å². The zero-order valence-corrected chi connectivity index (χ0v) is 16.2. The lowest BCUT2D eigenvalue weighted by atomic mass is 9.96. The van der Waals surface area contributed by atoms with Crippen molar-refractivity contribution in [1.29, 1.82) is 0 Å². The van der Waals surface area contributed by atoms with E-state index in [-0.39, 0.29) is 11.8 Å². The summed E-state index contributed by atoms with van der Waals surface area (Å²) in [6, 6.07) is 0. The number of amidine groups is 1. The molecule has 0 aromatic carbocycles. The Hall–Kier alpha value is -1.89. The number of hydrogen-bond donors (Lipinski definition) is 1. The highest BCUT2D eigenvalue weighted by atomic mass is 32.2. The van der Waals surface area contributed by atoms with E-state index in [2.05, 4.69) is 15.2 Å². The molecule has 138 valence electrons. The van der Waals surface area contributed by atoms with Crippen molar-refractivity contribution in [2.24, 2.45) is 10.9 Å². The van der Waals surface area contributed by atoms with Gasteiger partial charge in [-0.1, -0.05) is 31.2 Å². The van der Waals surface area contributed by atoms with E-state index < -0.39 is 0 Å². The van der Waals surface area contributed by atoms with Crippen molar-refractivity contribution in [2.45, 2.75) is 39.5 Å². The van der Waals surface area contributed by atoms with Crippen LogP contribution in [0.5, 0.6) is 0 Å². The van der Waals surface area contributed by atoms with E-state index in [1.54, 1.807) is 6.20 Å². The van der Waals surface area contributed by atoms with Crippen LogP contribution in [-0.4, -0.2) is 51.3 Å². The first-order valence-electron chi connectivity index (χ1n) is 9.42. The van der Waals surface area contributed by atoms with Crippen LogP contribution < -0.4 is 5.32 Å². The minimum atomic E-state index is -0.0680. The molecule has 7 heteroatoms. The number of rotatable bonds is 2. The lowest BCUT2D eigenvalue weighted by Crippen LogP contribution is -2.34. The molecular weight excluding hydrogens is 346 g/mol. The van der Waals surface area contributed by atoms with Gasteiger partial charge in [0.2, 0.25) is 5.91 Å². The van der Waals surface area contributed by atoms with Crippen LogP contribution in [0, 0.1) is 5.92 Å². The summed E-state index contributed by atoms with van der Waals surface area (Å²) in [5.41, 5.74) is 4.89. The second kappa shape index (κ2) is 7.39. The zero-order chi connectivity index (χ0) is 18.1. The van der Waals surface area contributed by atoms with Gasteiger partial charge in [-0.15, -0.1) is 0 Å². The van der Waals surface area contributed by atoms with Crippen molar-refractivity contribution < 1.29 is 4.79 Å². The van der Waals surface area contributed by atoms with Gasteiger partial charge in [-0.05, 0) is 31.3 Å². The van der Waals surface area contributed by atoms with Crippen molar-refractivity contribution in [1.82, 2.24) is 14.9 Å². The third-order valence-corrected chi connectivity index (χ3v) is 6.13. The second-order valence-corrected chi connectivity index (χ2v) is 8.38. The molecule has 1 aromatic heterocycles. The summed E-state index contributed by atoms with van der Waals surface area (Å²) in [6.45, 7) is 6.61. The molecule has 3 heterocycles. The molecule has 26 heavy (non-hydrogen) atoms. The highest BCUT2D eigenvalue weighted by Crippen LogP contribution is 2.35. The summed E-state index contributed by atoms with van der Waals surface area (Å²) in [6.07, 6.45) is 5.92. The Kier molecular flexibility index (Phi) is 4.98. The van der Waals surface area contributed by atoms with E-state index in [0.29, 0.717) is 5.82 Å². The molecule has 0 saturated heterocycles. The zero-order valence-electron chi connectivity index (χ0n) is 15.4. The monoisotopic (exact) mass is 371 g/mol. The predicted octanol–water partition coefficient (Wildman–Crippen LogP) is 2.97. The van der Waals surface area contributed by atoms with Crippen LogP contribution in [0.15, 0.2) is 16.8 Å². The topological polar surface area (TPSA) is 70.5 Å². The van der Waals surface area contributed by atoms with Crippen LogP contribution in [0.4, 0.5) is 5.82 Å². The van der Waals surface area contributed by atoms with Gasteiger partial charge in [0, 0.05) is 24.8 Å². The Morgan fingerprint density at radius 3 is 2.96 bits per heavy atom. The molecule has 0 saturated carbocycles. The molecule has 1 aliphatic carbocycles. The smallest absolute Gasteiger partial charge is 0.228 e. The Bertz CT molecular complexity index is 786. The van der Waals surface area contributed by atoms with Crippen LogP contribution in [-0.2, 0) is 11.2 Å². The SMILES string of the molecule is CC(C)C(=O)Nc1cnc2c(n1)CCCC1=C2CN(C2=NCCS2)CC1. The number of aryl methyl sites for hydroxylation is 1. The third kappa shape index (κ3) is 3.49. The average molecular weight is 372 g/mol. The van der Waals surface area contributed by atoms with Crippen LogP contribution >= 0.6 is 11.8 Å². The largest absolute Gasteiger partial charge is 0.347 e. The lowest BCUT2D eigenvalue weighted by molar-refractivity contribution is -0.118. The fourth-order valence-electron chi connectivity index (χ4n) is 3.65. The van der Waals surface area contributed by atoms with Crippen molar-refractivity contribution in [2.75, 3.05) is 30.7 Å². The van der Waals surface area contributed by atoms with Gasteiger partial charge in [0.15, 0.2) is 11.0 Å². The number of carbonyl (C=O) groups excluding carboxylic acids is 1. The minimum absolute atomic E-state index is 0.0205. The Morgan fingerprint density at radius 2 is 2.19 bits per heavy atom. The standard InChI is InChI=1S/C19H25N5OS/c1-12(2)18(25)23-16-10-21-17-14-11-24(19-20-7-9-26-19)8-6-13(14)4-3-5-15(17)22-16/h10,12H,3-9,11H2,1-2H3,(H,22,23,25). The number of amides is 1. The van der Waals surface area contributed by atoms with E-state index in [1.165, 1.54) is 16.3 Å². The number of thioether (sulfide) groups is 1. The molecule has 2 aliphatic heterocycles. The van der Waals surface area contributed by atoms with Gasteiger partial charge in [-0.2, -0.15) is 0 Å². The van der Waals surface area contributed by atoms with Crippen molar-refractivity contribution in [3.05, 3.63) is 23.2 Å². The number of carbonyl (C=O) groups is 1. The summed E-state index contributed by atoms with van der Waals surface area (Å²) in [5.74, 6) is 1.57. The van der Waals surface area contributed by atoms with Gasteiger partial charge in [0.25, 0.3) is 0 Å². The first-order valence-corrected chi connectivity index (χ1v) is 10.4. The number of nitrogens with one attached hydrogen (secondary N) is 1. The summed E-state index contributed by atoms with van der Waals surface area (Å²) >= 11 is 1.86. The van der Waals surface area contributed by atoms with E-state index >= 15 is 0 Å². The number of anilines is 1. The minimum Gasteiger partial charge on any atom is -0.347 e. The molecule has 3 aliphatic rings. The maximum atomic E-state index is 12.0. The average Bonchev–Trinajstić information content (AvgIpc) is 3.11. The van der Waals surface area contributed by atoms with Crippen molar-refractivity contribution in [3.8, 4) is 0 Å². The van der Waals surface area contributed by atoms with Gasteiger partial charge in [0.1, 0.15) is 0 Å². The summed E-state index contributed by atoms with van der Waals surface area (Å²) < 4.78 is 0. The maximum Gasteiger partial charge on any atom is 0.228 e. The van der Waals surface area contributed by atoms with E-state index in [4.69, 9.17) is 9.97 Å². The Balaban J connectivity index is 1.61. The third-order valence-electron chi connectivity index (χ3n) is 5.10. The first kappa shape index (κ1) is 17.5. The molecule has 0 radical (unpaired) electrons. The highest BCUT2D eigenvalue weighted by molar-refractivity contribution is 8.14. The van der Waals surface area contributed by atoms with Gasteiger partial charge < -0.3 is 10.2 Å². The highest BCUT2D eigenvalue weighted by Gasteiger charge is 2.28. The molecule has 0 unspecified atom stereocenters.